The number of allylic oxidation sites excluding steroid dienone is 3. The number of fused-ring (bicyclic) bond motifs is 5. The molecule has 0 aromatic rings. The molecular weight excluding hydrogens is 300 g/mol. The summed E-state index contributed by atoms with van der Waals surface area (Å²) in [5.74, 6) is 3.46. The van der Waals surface area contributed by atoms with E-state index < -0.39 is 0 Å². The first-order valence-electron chi connectivity index (χ1n) is 9.71. The van der Waals surface area contributed by atoms with E-state index in [-0.39, 0.29) is 10.8 Å². The van der Waals surface area contributed by atoms with E-state index in [0.717, 1.165) is 44.3 Å². The lowest BCUT2D eigenvalue weighted by Crippen LogP contribution is -2.50. The Labute approximate surface area is 145 Å². The number of ketones is 1. The molecule has 0 spiro atoms. The van der Waals surface area contributed by atoms with Gasteiger partial charge in [0.1, 0.15) is 11.5 Å². The smallest absolute Gasteiger partial charge is 0.160 e. The number of carbonyl (C=O) groups is 1. The summed E-state index contributed by atoms with van der Waals surface area (Å²) >= 11 is 0. The normalized spacial score (nSPS) is 44.5. The van der Waals surface area contributed by atoms with Crippen LogP contribution in [0.3, 0.4) is 0 Å². The number of hydrogen-bond donors (Lipinski definition) is 1. The van der Waals surface area contributed by atoms with Gasteiger partial charge in [-0.15, -0.1) is 0 Å². The molecular formula is C21H30O3. The largest absolute Gasteiger partial charge is 0.508 e. The minimum atomic E-state index is -0.0712. The van der Waals surface area contributed by atoms with Crippen LogP contribution in [0, 0.1) is 28.6 Å². The zero-order valence-electron chi connectivity index (χ0n) is 15.2. The van der Waals surface area contributed by atoms with Crippen molar-refractivity contribution in [2.24, 2.45) is 28.6 Å². The molecule has 24 heavy (non-hydrogen) atoms. The van der Waals surface area contributed by atoms with Crippen LogP contribution in [0.4, 0.5) is 0 Å². The number of Topliss-reactive ketones (excluding diaryl/α,β-unsaturated/α-hetero) is 1. The molecule has 0 unspecified atom stereocenters. The Morgan fingerprint density at radius 2 is 1.92 bits per heavy atom. The summed E-state index contributed by atoms with van der Waals surface area (Å²) in [5.41, 5.74) is 1.26. The minimum Gasteiger partial charge on any atom is -0.508 e. The third-order valence-corrected chi connectivity index (χ3v) is 7.85. The summed E-state index contributed by atoms with van der Waals surface area (Å²) in [6.07, 6.45) is 9.12. The molecule has 0 aromatic carbocycles. The van der Waals surface area contributed by atoms with Crippen molar-refractivity contribution in [3.8, 4) is 0 Å². The van der Waals surface area contributed by atoms with Crippen molar-refractivity contribution in [3.63, 3.8) is 0 Å². The Kier molecular flexibility index (Phi) is 3.63. The monoisotopic (exact) mass is 330 g/mol. The highest BCUT2D eigenvalue weighted by molar-refractivity contribution is 5.87. The van der Waals surface area contributed by atoms with E-state index in [9.17, 15) is 9.90 Å². The number of hydrogen-bond acceptors (Lipinski definition) is 3. The van der Waals surface area contributed by atoms with Crippen molar-refractivity contribution in [2.45, 2.75) is 65.7 Å². The van der Waals surface area contributed by atoms with Crippen LogP contribution in [-0.4, -0.2) is 17.5 Å². The summed E-state index contributed by atoms with van der Waals surface area (Å²) in [5, 5.41) is 10.3. The summed E-state index contributed by atoms with van der Waals surface area (Å²) in [6.45, 7) is 7.17. The fraction of sp³-hybridized carbons (Fsp3) is 0.762. The van der Waals surface area contributed by atoms with Gasteiger partial charge in [0.25, 0.3) is 0 Å². The summed E-state index contributed by atoms with van der Waals surface area (Å²) in [7, 11) is 0. The molecule has 2 saturated carbocycles. The number of rotatable bonds is 2. The molecule has 0 saturated heterocycles. The molecule has 4 aliphatic carbocycles. The molecule has 0 amide bonds. The lowest BCUT2D eigenvalue weighted by molar-refractivity contribution is -0.131. The van der Waals surface area contributed by atoms with Gasteiger partial charge in [-0.1, -0.05) is 19.9 Å². The molecule has 4 aliphatic rings. The van der Waals surface area contributed by atoms with Crippen molar-refractivity contribution < 1.29 is 14.6 Å². The van der Waals surface area contributed by atoms with E-state index in [1.165, 1.54) is 5.57 Å². The first-order valence-corrected chi connectivity index (χ1v) is 9.71. The molecule has 0 aliphatic heterocycles. The quantitative estimate of drug-likeness (QED) is 0.780. The van der Waals surface area contributed by atoms with Crippen LogP contribution in [0.25, 0.3) is 0 Å². The van der Waals surface area contributed by atoms with Crippen molar-refractivity contribution in [2.75, 3.05) is 6.61 Å². The van der Waals surface area contributed by atoms with Gasteiger partial charge < -0.3 is 9.84 Å². The lowest BCUT2D eigenvalue weighted by Gasteiger charge is -2.56. The van der Waals surface area contributed by atoms with Gasteiger partial charge in [-0.05, 0) is 67.8 Å². The van der Waals surface area contributed by atoms with Gasteiger partial charge in [-0.25, -0.2) is 0 Å². The third-order valence-electron chi connectivity index (χ3n) is 7.85. The molecule has 3 heteroatoms. The second kappa shape index (κ2) is 5.37. The van der Waals surface area contributed by atoms with Crippen LogP contribution >= 0.6 is 0 Å². The molecule has 0 bridgehead atoms. The van der Waals surface area contributed by atoms with Crippen LogP contribution in [0.5, 0.6) is 0 Å². The van der Waals surface area contributed by atoms with Gasteiger partial charge in [0, 0.05) is 18.3 Å². The van der Waals surface area contributed by atoms with Gasteiger partial charge in [-0.2, -0.15) is 0 Å². The average molecular weight is 330 g/mol. The Balaban J connectivity index is 1.73. The number of aliphatic hydroxyl groups excluding tert-OH is 1. The molecule has 1 N–H and O–H groups in total. The molecule has 0 heterocycles. The minimum absolute atomic E-state index is 0.0712. The van der Waals surface area contributed by atoms with E-state index in [4.69, 9.17) is 4.74 Å². The van der Waals surface area contributed by atoms with E-state index >= 15 is 0 Å². The summed E-state index contributed by atoms with van der Waals surface area (Å²) < 4.78 is 5.84. The zero-order chi connectivity index (χ0) is 17.1. The standard InChI is InChI=1S/C21H30O3/c1-4-24-19-16-6-5-13-14-7-8-18(23)21(14,3)11-9-15(13)20(16,2)12-10-17(19)22/h6,13-15,22H,4-5,7-12H2,1-3H3/t13-,14-,15-,20+,21-/m0/s1. The van der Waals surface area contributed by atoms with Gasteiger partial charge in [0.15, 0.2) is 5.76 Å². The molecule has 4 rings (SSSR count). The third kappa shape index (κ3) is 1.99. The fourth-order valence-electron chi connectivity index (χ4n) is 6.49. The lowest BCUT2D eigenvalue weighted by atomic mass is 9.48. The molecule has 5 atom stereocenters. The van der Waals surface area contributed by atoms with Crippen LogP contribution in [0.2, 0.25) is 0 Å². The first kappa shape index (κ1) is 16.2. The van der Waals surface area contributed by atoms with Gasteiger partial charge in [0.05, 0.1) is 6.61 Å². The Morgan fingerprint density at radius 1 is 1.17 bits per heavy atom. The van der Waals surface area contributed by atoms with E-state index in [2.05, 4.69) is 19.9 Å². The van der Waals surface area contributed by atoms with Crippen LogP contribution in [-0.2, 0) is 9.53 Å². The van der Waals surface area contributed by atoms with Crippen molar-refractivity contribution in [3.05, 3.63) is 23.2 Å². The van der Waals surface area contributed by atoms with Crippen LogP contribution < -0.4 is 0 Å². The van der Waals surface area contributed by atoms with Crippen molar-refractivity contribution in [1.82, 2.24) is 0 Å². The summed E-state index contributed by atoms with van der Waals surface area (Å²) in [6, 6.07) is 0. The Bertz CT molecular complexity index is 631. The van der Waals surface area contributed by atoms with E-state index in [0.29, 0.717) is 42.3 Å². The number of ether oxygens (including phenoxy) is 1. The zero-order valence-corrected chi connectivity index (χ0v) is 15.2. The van der Waals surface area contributed by atoms with Crippen LogP contribution in [0.1, 0.15) is 65.7 Å². The van der Waals surface area contributed by atoms with E-state index in [1.54, 1.807) is 0 Å². The second-order valence-corrected chi connectivity index (χ2v) is 8.77. The molecule has 0 radical (unpaired) electrons. The Morgan fingerprint density at radius 3 is 2.67 bits per heavy atom. The average Bonchev–Trinajstić information content (AvgIpc) is 2.86. The molecule has 3 nitrogen and oxygen atoms in total. The highest BCUT2D eigenvalue weighted by Crippen LogP contribution is 2.64. The number of aliphatic hydroxyl groups is 1. The van der Waals surface area contributed by atoms with Crippen molar-refractivity contribution >= 4 is 5.78 Å². The fourth-order valence-corrected chi connectivity index (χ4v) is 6.49. The Hall–Kier alpha value is -1.25. The van der Waals surface area contributed by atoms with Crippen molar-refractivity contribution in [1.29, 1.82) is 0 Å². The maximum Gasteiger partial charge on any atom is 0.160 e. The van der Waals surface area contributed by atoms with Gasteiger partial charge in [0.2, 0.25) is 0 Å². The predicted octanol–water partition coefficient (Wildman–Crippen LogP) is 4.93. The molecule has 2 fully saturated rings. The highest BCUT2D eigenvalue weighted by atomic mass is 16.5. The molecule has 0 aromatic heterocycles. The highest BCUT2D eigenvalue weighted by Gasteiger charge is 2.59. The van der Waals surface area contributed by atoms with E-state index in [1.807, 2.05) is 6.92 Å². The number of carbonyl (C=O) groups excluding carboxylic acids is 1. The van der Waals surface area contributed by atoms with Crippen LogP contribution in [0.15, 0.2) is 23.2 Å². The molecule has 132 valence electrons. The van der Waals surface area contributed by atoms with Gasteiger partial charge >= 0.3 is 0 Å². The first-order chi connectivity index (χ1) is 11.4. The maximum atomic E-state index is 12.5. The SMILES string of the molecule is CCOC1=C(O)CC[C@@]2(C)C1=CC[C@@H]1[C@@H]2CC[C@]2(C)C(=O)CC[C@@H]12. The topological polar surface area (TPSA) is 46.5 Å². The predicted molar refractivity (Wildman–Crippen MR) is 93.4 cm³/mol. The second-order valence-electron chi connectivity index (χ2n) is 8.77. The summed E-state index contributed by atoms with van der Waals surface area (Å²) in [4.78, 5) is 12.5. The van der Waals surface area contributed by atoms with Gasteiger partial charge in [-0.3, -0.25) is 4.79 Å². The maximum absolute atomic E-state index is 12.5.